The highest BCUT2D eigenvalue weighted by atomic mass is 19.4. The number of alkyl halides is 3. The third kappa shape index (κ3) is 2.64. The number of hydrogen-bond donors (Lipinski definition) is 0. The Morgan fingerprint density at radius 1 is 1.11 bits per heavy atom. The molecule has 0 saturated carbocycles. The van der Waals surface area contributed by atoms with Crippen LogP contribution in [0.5, 0.6) is 5.75 Å². The van der Waals surface area contributed by atoms with Gasteiger partial charge in [-0.1, -0.05) is 43.0 Å². The highest BCUT2D eigenvalue weighted by molar-refractivity contribution is 5.92. The fraction of sp³-hybridized carbons (Fsp3) is 0.143. The minimum absolute atomic E-state index is 0.195. The first-order valence-electron chi connectivity index (χ1n) is 5.35. The summed E-state index contributed by atoms with van der Waals surface area (Å²) in [6.07, 6.45) is -2.84. The standard InChI is InChI=1S/C14H11F3O/c1-2-11-12-6-4-3-5-10(12)7-8-13(11)18-9-14(15,16)17/h2-8H,1,9H2. The summed E-state index contributed by atoms with van der Waals surface area (Å²) in [4.78, 5) is 0. The van der Waals surface area contributed by atoms with Gasteiger partial charge in [0.05, 0.1) is 0 Å². The Balaban J connectivity index is 2.42. The quantitative estimate of drug-likeness (QED) is 0.785. The molecule has 0 unspecified atom stereocenters. The third-order valence-corrected chi connectivity index (χ3v) is 2.53. The summed E-state index contributed by atoms with van der Waals surface area (Å²) in [6, 6.07) is 10.7. The smallest absolute Gasteiger partial charge is 0.422 e. The van der Waals surface area contributed by atoms with E-state index in [1.54, 1.807) is 6.07 Å². The maximum absolute atomic E-state index is 12.1. The van der Waals surface area contributed by atoms with Crippen molar-refractivity contribution >= 4 is 16.8 Å². The monoisotopic (exact) mass is 252 g/mol. The van der Waals surface area contributed by atoms with Crippen LogP contribution in [0.4, 0.5) is 13.2 Å². The molecule has 0 aliphatic carbocycles. The Bertz CT molecular complexity index is 573. The van der Waals surface area contributed by atoms with E-state index in [1.165, 1.54) is 12.1 Å². The lowest BCUT2D eigenvalue weighted by molar-refractivity contribution is -0.153. The zero-order valence-corrected chi connectivity index (χ0v) is 9.50. The molecule has 0 spiro atoms. The molecule has 94 valence electrons. The van der Waals surface area contributed by atoms with Crippen molar-refractivity contribution in [2.45, 2.75) is 6.18 Å². The average Bonchev–Trinajstić information content (AvgIpc) is 2.34. The van der Waals surface area contributed by atoms with E-state index in [0.717, 1.165) is 10.8 Å². The van der Waals surface area contributed by atoms with Crippen molar-refractivity contribution in [2.24, 2.45) is 0 Å². The molecule has 18 heavy (non-hydrogen) atoms. The van der Waals surface area contributed by atoms with E-state index < -0.39 is 12.8 Å². The summed E-state index contributed by atoms with van der Waals surface area (Å²) in [7, 11) is 0. The lowest BCUT2D eigenvalue weighted by atomic mass is 10.0. The molecule has 2 rings (SSSR count). The number of halogens is 3. The zero-order chi connectivity index (χ0) is 13.2. The highest BCUT2D eigenvalue weighted by Crippen LogP contribution is 2.30. The lowest BCUT2D eigenvalue weighted by Gasteiger charge is -2.13. The van der Waals surface area contributed by atoms with Gasteiger partial charge in [-0.05, 0) is 16.8 Å². The number of hydrogen-bond acceptors (Lipinski definition) is 1. The zero-order valence-electron chi connectivity index (χ0n) is 9.50. The molecule has 0 aromatic heterocycles. The van der Waals surface area contributed by atoms with Gasteiger partial charge in [-0.3, -0.25) is 0 Å². The Hall–Kier alpha value is -1.97. The molecule has 0 N–H and O–H groups in total. The molecule has 0 atom stereocenters. The van der Waals surface area contributed by atoms with E-state index >= 15 is 0 Å². The Morgan fingerprint density at radius 2 is 1.83 bits per heavy atom. The van der Waals surface area contributed by atoms with Crippen LogP contribution in [0.2, 0.25) is 0 Å². The molecule has 0 fully saturated rings. The first kappa shape index (κ1) is 12.5. The van der Waals surface area contributed by atoms with Crippen LogP contribution in [-0.2, 0) is 0 Å². The van der Waals surface area contributed by atoms with Gasteiger partial charge in [-0.2, -0.15) is 13.2 Å². The largest absolute Gasteiger partial charge is 0.483 e. The lowest BCUT2D eigenvalue weighted by Crippen LogP contribution is -2.19. The van der Waals surface area contributed by atoms with Gasteiger partial charge in [-0.25, -0.2) is 0 Å². The maximum Gasteiger partial charge on any atom is 0.422 e. The van der Waals surface area contributed by atoms with Crippen molar-refractivity contribution in [3.05, 3.63) is 48.5 Å². The SMILES string of the molecule is C=Cc1c(OCC(F)(F)F)ccc2ccccc12. The van der Waals surface area contributed by atoms with Crippen LogP contribution in [0.25, 0.3) is 16.8 Å². The second kappa shape index (κ2) is 4.72. The number of fused-ring (bicyclic) bond motifs is 1. The first-order chi connectivity index (χ1) is 8.51. The summed E-state index contributed by atoms with van der Waals surface area (Å²) in [6.45, 7) is 2.33. The van der Waals surface area contributed by atoms with Crippen molar-refractivity contribution in [2.75, 3.05) is 6.61 Å². The molecule has 0 saturated heterocycles. The van der Waals surface area contributed by atoms with Crippen LogP contribution in [0.3, 0.4) is 0 Å². The normalized spacial score (nSPS) is 11.5. The van der Waals surface area contributed by atoms with Gasteiger partial charge in [0.15, 0.2) is 6.61 Å². The van der Waals surface area contributed by atoms with E-state index in [0.29, 0.717) is 5.56 Å². The predicted octanol–water partition coefficient (Wildman–Crippen LogP) is 4.42. The van der Waals surface area contributed by atoms with E-state index in [9.17, 15) is 13.2 Å². The van der Waals surface area contributed by atoms with E-state index in [-0.39, 0.29) is 5.75 Å². The molecule has 1 nitrogen and oxygen atoms in total. The fourth-order valence-electron chi connectivity index (χ4n) is 1.77. The van der Waals surface area contributed by atoms with Gasteiger partial charge >= 0.3 is 6.18 Å². The van der Waals surface area contributed by atoms with Crippen LogP contribution in [0, 0.1) is 0 Å². The molecule has 4 heteroatoms. The highest BCUT2D eigenvalue weighted by Gasteiger charge is 2.28. The maximum atomic E-state index is 12.1. The van der Waals surface area contributed by atoms with Crippen LogP contribution >= 0.6 is 0 Å². The number of rotatable bonds is 3. The molecular formula is C14H11F3O. The Kier molecular flexibility index (Phi) is 3.28. The molecule has 0 heterocycles. The topological polar surface area (TPSA) is 9.23 Å². The third-order valence-electron chi connectivity index (χ3n) is 2.53. The molecule has 2 aromatic rings. The molecule has 0 aliphatic heterocycles. The average molecular weight is 252 g/mol. The molecule has 0 amide bonds. The Labute approximate surface area is 102 Å². The van der Waals surface area contributed by atoms with E-state index in [4.69, 9.17) is 4.74 Å². The fourth-order valence-corrected chi connectivity index (χ4v) is 1.77. The molecular weight excluding hydrogens is 241 g/mol. The number of ether oxygens (including phenoxy) is 1. The first-order valence-corrected chi connectivity index (χ1v) is 5.35. The second-order valence-electron chi connectivity index (χ2n) is 3.81. The van der Waals surface area contributed by atoms with Crippen molar-refractivity contribution in [1.82, 2.24) is 0 Å². The Morgan fingerprint density at radius 3 is 2.50 bits per heavy atom. The van der Waals surface area contributed by atoms with Gasteiger partial charge in [0.25, 0.3) is 0 Å². The minimum atomic E-state index is -4.34. The van der Waals surface area contributed by atoms with Crippen LogP contribution in [0.15, 0.2) is 43.0 Å². The predicted molar refractivity (Wildman–Crippen MR) is 65.6 cm³/mol. The van der Waals surface area contributed by atoms with Gasteiger partial charge in [0.1, 0.15) is 5.75 Å². The van der Waals surface area contributed by atoms with E-state index in [2.05, 4.69) is 6.58 Å². The van der Waals surface area contributed by atoms with Crippen LogP contribution < -0.4 is 4.74 Å². The molecule has 0 aliphatic rings. The summed E-state index contributed by atoms with van der Waals surface area (Å²) in [5.74, 6) is 0.195. The summed E-state index contributed by atoms with van der Waals surface area (Å²) >= 11 is 0. The minimum Gasteiger partial charge on any atom is -0.483 e. The molecule has 2 aromatic carbocycles. The molecule has 0 radical (unpaired) electrons. The van der Waals surface area contributed by atoms with E-state index in [1.807, 2.05) is 24.3 Å². The second-order valence-corrected chi connectivity index (χ2v) is 3.81. The van der Waals surface area contributed by atoms with Gasteiger partial charge in [-0.15, -0.1) is 0 Å². The van der Waals surface area contributed by atoms with Crippen LogP contribution in [-0.4, -0.2) is 12.8 Å². The van der Waals surface area contributed by atoms with Gasteiger partial charge in [0, 0.05) is 5.56 Å². The van der Waals surface area contributed by atoms with Crippen molar-refractivity contribution < 1.29 is 17.9 Å². The summed E-state index contributed by atoms with van der Waals surface area (Å²) in [5.41, 5.74) is 0.581. The van der Waals surface area contributed by atoms with Gasteiger partial charge < -0.3 is 4.74 Å². The van der Waals surface area contributed by atoms with Crippen molar-refractivity contribution in [3.63, 3.8) is 0 Å². The number of benzene rings is 2. The summed E-state index contributed by atoms with van der Waals surface area (Å²) < 4.78 is 41.2. The van der Waals surface area contributed by atoms with Crippen molar-refractivity contribution in [1.29, 1.82) is 0 Å². The van der Waals surface area contributed by atoms with Gasteiger partial charge in [0.2, 0.25) is 0 Å². The molecule has 0 bridgehead atoms. The van der Waals surface area contributed by atoms with Crippen molar-refractivity contribution in [3.8, 4) is 5.75 Å². The van der Waals surface area contributed by atoms with Crippen LogP contribution in [0.1, 0.15) is 5.56 Å². The summed E-state index contributed by atoms with van der Waals surface area (Å²) in [5, 5.41) is 1.76.